The fraction of sp³-hybridized carbons (Fsp3) is 0.850. The van der Waals surface area contributed by atoms with Gasteiger partial charge in [-0.25, -0.2) is 4.79 Å². The van der Waals surface area contributed by atoms with Crippen LogP contribution in [0.2, 0.25) is 0 Å². The lowest BCUT2D eigenvalue weighted by atomic mass is 9.72. The normalized spacial score (nSPS) is 30.4. The first-order valence-electron chi connectivity index (χ1n) is 9.46. The molecular formula is C20H34O5. The van der Waals surface area contributed by atoms with E-state index in [2.05, 4.69) is 20.4 Å². The van der Waals surface area contributed by atoms with Crippen molar-refractivity contribution >= 4 is 5.97 Å². The Bertz CT molecular complexity index is 503. The summed E-state index contributed by atoms with van der Waals surface area (Å²) in [7, 11) is 0. The molecule has 0 amide bonds. The number of rotatable bonds is 8. The molecule has 0 aromatic rings. The van der Waals surface area contributed by atoms with Gasteiger partial charge >= 0.3 is 5.97 Å². The van der Waals surface area contributed by atoms with Gasteiger partial charge in [-0.05, 0) is 47.0 Å². The summed E-state index contributed by atoms with van der Waals surface area (Å²) in [5.74, 6) is -0.210. The molecule has 5 heteroatoms. The van der Waals surface area contributed by atoms with Crippen LogP contribution in [0.1, 0.15) is 67.2 Å². The molecule has 2 rings (SSSR count). The molecule has 2 aliphatic rings. The zero-order valence-corrected chi connectivity index (χ0v) is 16.5. The molecule has 0 aromatic heterocycles. The van der Waals surface area contributed by atoms with Gasteiger partial charge in [0.05, 0.1) is 23.4 Å². The predicted octanol–water partition coefficient (Wildman–Crippen LogP) is 3.39. The van der Waals surface area contributed by atoms with Gasteiger partial charge in [0, 0.05) is 17.9 Å². The highest BCUT2D eigenvalue weighted by molar-refractivity contribution is 5.87. The average molecular weight is 354 g/mol. The fourth-order valence-corrected chi connectivity index (χ4v) is 4.07. The smallest absolute Gasteiger partial charge is 0.333 e. The third kappa shape index (κ3) is 4.09. The highest BCUT2D eigenvalue weighted by Crippen LogP contribution is 2.49. The predicted molar refractivity (Wildman–Crippen MR) is 96.2 cm³/mol. The molecule has 25 heavy (non-hydrogen) atoms. The molecule has 0 radical (unpaired) electrons. The van der Waals surface area contributed by atoms with Gasteiger partial charge in [0.15, 0.2) is 0 Å². The van der Waals surface area contributed by atoms with E-state index < -0.39 is 11.2 Å². The van der Waals surface area contributed by atoms with Crippen LogP contribution in [-0.4, -0.2) is 46.7 Å². The third-order valence-corrected chi connectivity index (χ3v) is 6.01. The van der Waals surface area contributed by atoms with Crippen molar-refractivity contribution in [3.05, 3.63) is 12.2 Å². The van der Waals surface area contributed by atoms with Crippen LogP contribution in [0.25, 0.3) is 0 Å². The molecule has 2 saturated heterocycles. The SMILES string of the molecule is C=C(C)C(=O)OC1CC2CC(C(CC)(CC)OC(C)C(C)(C)O)C1O2. The molecule has 0 saturated carbocycles. The van der Waals surface area contributed by atoms with Gasteiger partial charge in [0.2, 0.25) is 0 Å². The number of carbonyl (C=O) groups is 1. The van der Waals surface area contributed by atoms with Crippen LogP contribution in [0.4, 0.5) is 0 Å². The first-order valence-corrected chi connectivity index (χ1v) is 9.46. The second-order valence-electron chi connectivity index (χ2n) is 8.21. The van der Waals surface area contributed by atoms with Crippen molar-refractivity contribution in [1.82, 2.24) is 0 Å². The van der Waals surface area contributed by atoms with Gasteiger partial charge in [-0.3, -0.25) is 0 Å². The number of carbonyl (C=O) groups excluding carboxylic acids is 1. The number of ether oxygens (including phenoxy) is 3. The molecule has 0 aliphatic carbocycles. The lowest BCUT2D eigenvalue weighted by Gasteiger charge is -2.45. The topological polar surface area (TPSA) is 65.0 Å². The molecule has 5 atom stereocenters. The number of hydrogen-bond donors (Lipinski definition) is 1. The maximum Gasteiger partial charge on any atom is 0.333 e. The van der Waals surface area contributed by atoms with Gasteiger partial charge in [-0.1, -0.05) is 20.4 Å². The van der Waals surface area contributed by atoms with Crippen molar-refractivity contribution < 1.29 is 24.1 Å². The van der Waals surface area contributed by atoms with Crippen molar-refractivity contribution in [3.8, 4) is 0 Å². The van der Waals surface area contributed by atoms with E-state index in [9.17, 15) is 9.90 Å². The van der Waals surface area contributed by atoms with E-state index in [1.54, 1.807) is 20.8 Å². The number of hydrogen-bond acceptors (Lipinski definition) is 5. The van der Waals surface area contributed by atoms with E-state index >= 15 is 0 Å². The first kappa shape index (κ1) is 20.4. The van der Waals surface area contributed by atoms with E-state index in [1.807, 2.05) is 6.92 Å². The summed E-state index contributed by atoms with van der Waals surface area (Å²) in [4.78, 5) is 11.9. The van der Waals surface area contributed by atoms with Gasteiger partial charge < -0.3 is 19.3 Å². The van der Waals surface area contributed by atoms with E-state index in [0.717, 1.165) is 25.7 Å². The van der Waals surface area contributed by atoms with Gasteiger partial charge in [0.1, 0.15) is 12.2 Å². The Kier molecular flexibility index (Phi) is 6.02. The van der Waals surface area contributed by atoms with Crippen LogP contribution in [0.3, 0.4) is 0 Å². The van der Waals surface area contributed by atoms with E-state index in [4.69, 9.17) is 14.2 Å². The maximum absolute atomic E-state index is 11.9. The molecule has 2 aliphatic heterocycles. The van der Waals surface area contributed by atoms with Crippen molar-refractivity contribution in [2.45, 2.75) is 103 Å². The monoisotopic (exact) mass is 354 g/mol. The summed E-state index contributed by atoms with van der Waals surface area (Å²) in [5.41, 5.74) is -0.906. The van der Waals surface area contributed by atoms with Gasteiger partial charge in [0.25, 0.3) is 0 Å². The Hall–Kier alpha value is -0.910. The zero-order valence-electron chi connectivity index (χ0n) is 16.5. The molecular weight excluding hydrogens is 320 g/mol. The minimum Gasteiger partial charge on any atom is -0.456 e. The van der Waals surface area contributed by atoms with E-state index in [0.29, 0.717) is 5.57 Å². The Labute approximate surface area is 151 Å². The van der Waals surface area contributed by atoms with Crippen LogP contribution in [0.5, 0.6) is 0 Å². The molecule has 5 nitrogen and oxygen atoms in total. The van der Waals surface area contributed by atoms with Crippen LogP contribution >= 0.6 is 0 Å². The number of fused-ring (bicyclic) bond motifs is 2. The van der Waals surface area contributed by atoms with Crippen molar-refractivity contribution in [2.24, 2.45) is 5.92 Å². The summed E-state index contributed by atoms with van der Waals surface area (Å²) in [6.07, 6.45) is 2.70. The Balaban J connectivity index is 2.18. The molecule has 2 fully saturated rings. The van der Waals surface area contributed by atoms with Crippen LogP contribution in [0.15, 0.2) is 12.2 Å². The van der Waals surface area contributed by atoms with E-state index in [-0.39, 0.29) is 36.3 Å². The molecule has 0 spiro atoms. The van der Waals surface area contributed by atoms with Crippen molar-refractivity contribution in [3.63, 3.8) is 0 Å². The summed E-state index contributed by atoms with van der Waals surface area (Å²) in [6.45, 7) is 15.0. The lowest BCUT2D eigenvalue weighted by Crippen LogP contribution is -2.53. The molecule has 2 bridgehead atoms. The lowest BCUT2D eigenvalue weighted by molar-refractivity contribution is -0.195. The number of aliphatic hydroxyl groups is 1. The summed E-state index contributed by atoms with van der Waals surface area (Å²) < 4.78 is 18.2. The van der Waals surface area contributed by atoms with E-state index in [1.165, 1.54) is 0 Å². The quantitative estimate of drug-likeness (QED) is 0.535. The maximum atomic E-state index is 11.9. The van der Waals surface area contributed by atoms with Crippen molar-refractivity contribution in [1.29, 1.82) is 0 Å². The Morgan fingerprint density at radius 3 is 2.36 bits per heavy atom. The highest BCUT2D eigenvalue weighted by Gasteiger charge is 2.57. The number of esters is 1. The molecule has 0 aromatic carbocycles. The largest absolute Gasteiger partial charge is 0.456 e. The standard InChI is InChI=1S/C20H34O5/c1-8-20(9-2,25-13(5)19(6,7)22)15-10-14-11-16(17(15)23-14)24-18(21)12(3)4/h13-17,22H,3,8-11H2,1-2,4-7H3. The molecule has 1 N–H and O–H groups in total. The minimum atomic E-state index is -0.917. The first-order chi connectivity index (χ1) is 11.5. The van der Waals surface area contributed by atoms with Crippen molar-refractivity contribution in [2.75, 3.05) is 0 Å². The second-order valence-corrected chi connectivity index (χ2v) is 8.21. The second kappa shape index (κ2) is 7.37. The van der Waals surface area contributed by atoms with Gasteiger partial charge in [-0.2, -0.15) is 0 Å². The Morgan fingerprint density at radius 1 is 1.32 bits per heavy atom. The fourth-order valence-electron chi connectivity index (χ4n) is 4.07. The molecule has 2 heterocycles. The highest BCUT2D eigenvalue weighted by atomic mass is 16.6. The minimum absolute atomic E-state index is 0.108. The average Bonchev–Trinajstić information content (AvgIpc) is 3.11. The zero-order chi connectivity index (χ0) is 19.0. The molecule has 144 valence electrons. The van der Waals surface area contributed by atoms with Crippen LogP contribution in [-0.2, 0) is 19.0 Å². The van der Waals surface area contributed by atoms with Gasteiger partial charge in [-0.15, -0.1) is 0 Å². The Morgan fingerprint density at radius 2 is 1.92 bits per heavy atom. The third-order valence-electron chi connectivity index (χ3n) is 6.01. The summed E-state index contributed by atoms with van der Waals surface area (Å²) >= 11 is 0. The summed E-state index contributed by atoms with van der Waals surface area (Å²) in [6, 6.07) is 0. The molecule has 5 unspecified atom stereocenters. The van der Waals surface area contributed by atoms with Crippen LogP contribution in [0, 0.1) is 5.92 Å². The van der Waals surface area contributed by atoms with Crippen LogP contribution < -0.4 is 0 Å². The summed E-state index contributed by atoms with van der Waals surface area (Å²) in [5, 5.41) is 10.3.